The number of allylic oxidation sites excluding steroid dienone is 8. The number of benzene rings is 4. The predicted molar refractivity (Wildman–Crippen MR) is 148 cm³/mol. The van der Waals surface area contributed by atoms with Crippen LogP contribution in [0.15, 0.2) is 125 Å². The molecule has 0 atom stereocenters. The Labute approximate surface area is 227 Å². The number of hydrogen-bond donors (Lipinski definition) is 0. The Hall–Kier alpha value is -2.20. The fraction of sp³-hybridized carbons (Fsp3) is 0.0667. The molecule has 0 saturated heterocycles. The molecule has 0 radical (unpaired) electrons. The maximum atomic E-state index is 7.12. The molecule has 35 heavy (non-hydrogen) atoms. The molecule has 0 bridgehead atoms. The summed E-state index contributed by atoms with van der Waals surface area (Å²) in [7, 11) is 0. The van der Waals surface area contributed by atoms with E-state index in [1.54, 1.807) is 0 Å². The van der Waals surface area contributed by atoms with Gasteiger partial charge in [0.25, 0.3) is 0 Å². The molecule has 0 heterocycles. The molecular formula is C30H22Br2O2Zr. The Bertz CT molecular complexity index is 1460. The molecule has 2 aliphatic rings. The van der Waals surface area contributed by atoms with Gasteiger partial charge in [0.2, 0.25) is 0 Å². The van der Waals surface area contributed by atoms with Crippen LogP contribution in [-0.4, -0.2) is 0 Å². The van der Waals surface area contributed by atoms with Crippen molar-refractivity contribution in [2.75, 3.05) is 0 Å². The van der Waals surface area contributed by atoms with Crippen molar-refractivity contribution in [3.8, 4) is 11.5 Å². The third-order valence-electron chi connectivity index (χ3n) is 6.51. The van der Waals surface area contributed by atoms with Gasteiger partial charge < -0.3 is 0 Å². The number of fused-ring (bicyclic) bond motifs is 2. The zero-order valence-electron chi connectivity index (χ0n) is 18.9. The van der Waals surface area contributed by atoms with Crippen LogP contribution in [0.25, 0.3) is 21.5 Å². The minimum atomic E-state index is -4.08. The van der Waals surface area contributed by atoms with Crippen molar-refractivity contribution in [3.05, 3.63) is 125 Å². The molecule has 2 nitrogen and oxygen atoms in total. The monoisotopic (exact) mass is 662 g/mol. The van der Waals surface area contributed by atoms with E-state index in [4.69, 9.17) is 5.63 Å². The summed E-state index contributed by atoms with van der Waals surface area (Å²) in [5.74, 6) is 1.70. The van der Waals surface area contributed by atoms with Gasteiger partial charge in [-0.25, -0.2) is 0 Å². The maximum absolute atomic E-state index is 7.12. The van der Waals surface area contributed by atoms with Crippen molar-refractivity contribution in [2.45, 2.75) is 12.8 Å². The molecule has 0 aliphatic heterocycles. The van der Waals surface area contributed by atoms with Crippen LogP contribution in [0, 0.1) is 0 Å². The van der Waals surface area contributed by atoms with Crippen molar-refractivity contribution in [1.29, 1.82) is 0 Å². The summed E-state index contributed by atoms with van der Waals surface area (Å²) < 4.78 is 18.9. The number of rotatable bonds is 6. The van der Waals surface area contributed by atoms with Crippen LogP contribution in [0.2, 0.25) is 0 Å². The van der Waals surface area contributed by atoms with Crippen LogP contribution in [0.3, 0.4) is 0 Å². The second-order valence-electron chi connectivity index (χ2n) is 8.71. The third kappa shape index (κ3) is 4.44. The fourth-order valence-electron chi connectivity index (χ4n) is 4.76. The van der Waals surface area contributed by atoms with Crippen molar-refractivity contribution in [1.82, 2.24) is 0 Å². The standard InChI is InChI=1S/2C10H7BrO.2C5H5.Zr/c2*11-10-3-1-2-7-4-5-8(12)6-9(7)10;2*1-2-4-5-3-1;/h2*1-6,12H;2*1-3H,4H2;/q;;;;+2/p-2. The SMILES string of the molecule is Brc1cccc2ccc([O][Zr]([O]c3ccc4cccc(Br)c4c3)([C]3=CC=CC3)[C]3=CC=CC3)cc12. The van der Waals surface area contributed by atoms with Gasteiger partial charge in [-0.1, -0.05) is 0 Å². The first kappa shape index (κ1) is 23.2. The summed E-state index contributed by atoms with van der Waals surface area (Å²) in [6, 6.07) is 25.2. The second kappa shape index (κ2) is 9.69. The summed E-state index contributed by atoms with van der Waals surface area (Å²) in [5.41, 5.74) is 0. The van der Waals surface area contributed by atoms with Crippen LogP contribution >= 0.6 is 31.9 Å². The summed E-state index contributed by atoms with van der Waals surface area (Å²) >= 11 is 3.34. The molecule has 0 saturated carbocycles. The van der Waals surface area contributed by atoms with Gasteiger partial charge >= 0.3 is 229 Å². The molecule has 5 heteroatoms. The van der Waals surface area contributed by atoms with E-state index in [1.165, 1.54) is 17.3 Å². The van der Waals surface area contributed by atoms with Crippen LogP contribution in [0.5, 0.6) is 11.5 Å². The molecular weight excluding hydrogens is 643 g/mol. The van der Waals surface area contributed by atoms with Crippen LogP contribution in [0.1, 0.15) is 12.8 Å². The molecule has 6 rings (SSSR count). The third-order valence-corrected chi connectivity index (χ3v) is 16.4. The summed E-state index contributed by atoms with van der Waals surface area (Å²) in [6.07, 6.45) is 14.8. The van der Waals surface area contributed by atoms with E-state index in [9.17, 15) is 0 Å². The predicted octanol–water partition coefficient (Wildman–Crippen LogP) is 9.65. The first-order valence-corrected chi connectivity index (χ1v) is 17.6. The second-order valence-corrected chi connectivity index (χ2v) is 17.6. The Balaban J connectivity index is 1.49. The van der Waals surface area contributed by atoms with Gasteiger partial charge in [0.1, 0.15) is 0 Å². The molecule has 172 valence electrons. The topological polar surface area (TPSA) is 18.5 Å². The van der Waals surface area contributed by atoms with Crippen LogP contribution in [-0.2, 0) is 21.1 Å². The molecule has 0 spiro atoms. The Morgan fingerprint density at radius 3 is 1.51 bits per heavy atom. The average molecular weight is 666 g/mol. The van der Waals surface area contributed by atoms with E-state index in [1.807, 2.05) is 0 Å². The Morgan fingerprint density at radius 1 is 0.600 bits per heavy atom. The first-order valence-electron chi connectivity index (χ1n) is 11.6. The fourth-order valence-corrected chi connectivity index (χ4v) is 13.9. The quantitative estimate of drug-likeness (QED) is 0.204. The Morgan fingerprint density at radius 2 is 1.09 bits per heavy atom. The van der Waals surface area contributed by atoms with Gasteiger partial charge in [-0.2, -0.15) is 0 Å². The summed E-state index contributed by atoms with van der Waals surface area (Å²) in [6.45, 7) is 0. The zero-order chi connectivity index (χ0) is 23.8. The molecule has 4 aromatic rings. The molecule has 4 aromatic carbocycles. The first-order chi connectivity index (χ1) is 17.1. The van der Waals surface area contributed by atoms with Crippen molar-refractivity contribution in [3.63, 3.8) is 0 Å². The normalized spacial score (nSPS) is 15.0. The van der Waals surface area contributed by atoms with Crippen molar-refractivity contribution < 1.29 is 26.8 Å². The van der Waals surface area contributed by atoms with Gasteiger partial charge in [0.15, 0.2) is 0 Å². The van der Waals surface area contributed by atoms with E-state index in [0.29, 0.717) is 0 Å². The Kier molecular flexibility index (Phi) is 6.43. The van der Waals surface area contributed by atoms with E-state index < -0.39 is 21.1 Å². The van der Waals surface area contributed by atoms with Crippen molar-refractivity contribution >= 4 is 53.4 Å². The van der Waals surface area contributed by atoms with E-state index in [0.717, 1.165) is 44.1 Å². The van der Waals surface area contributed by atoms with Gasteiger partial charge in [-0.15, -0.1) is 0 Å². The van der Waals surface area contributed by atoms with E-state index in [2.05, 4.69) is 141 Å². The summed E-state index contributed by atoms with van der Waals surface area (Å²) in [4.78, 5) is 0. The van der Waals surface area contributed by atoms with Crippen LogP contribution < -0.4 is 5.63 Å². The molecule has 0 fully saturated rings. The zero-order valence-corrected chi connectivity index (χ0v) is 24.5. The van der Waals surface area contributed by atoms with Crippen LogP contribution in [0.4, 0.5) is 0 Å². The molecule has 0 N–H and O–H groups in total. The van der Waals surface area contributed by atoms with Gasteiger partial charge in [0.05, 0.1) is 0 Å². The number of halogens is 2. The van der Waals surface area contributed by atoms with E-state index >= 15 is 0 Å². The minimum absolute atomic E-state index is 0.850. The van der Waals surface area contributed by atoms with Crippen molar-refractivity contribution in [2.24, 2.45) is 0 Å². The molecule has 0 amide bonds. The van der Waals surface area contributed by atoms with Gasteiger partial charge in [0, 0.05) is 0 Å². The number of hydrogen-bond acceptors (Lipinski definition) is 2. The summed E-state index contributed by atoms with van der Waals surface area (Å²) in [5, 5.41) is 4.63. The average Bonchev–Trinajstić information content (AvgIpc) is 3.60. The molecule has 0 aromatic heterocycles. The molecule has 0 unspecified atom stereocenters. The molecule has 2 aliphatic carbocycles. The van der Waals surface area contributed by atoms with E-state index in [-0.39, 0.29) is 0 Å². The van der Waals surface area contributed by atoms with Gasteiger partial charge in [-0.05, 0) is 0 Å². The van der Waals surface area contributed by atoms with Gasteiger partial charge in [-0.3, -0.25) is 0 Å².